The molecule has 0 N–H and O–H groups in total. The number of allylic oxidation sites excluding steroid dienone is 1. The summed E-state index contributed by atoms with van der Waals surface area (Å²) in [5, 5.41) is 0. The highest BCUT2D eigenvalue weighted by Crippen LogP contribution is 2.26. The minimum absolute atomic E-state index is 0.572. The topological polar surface area (TPSA) is 18.5 Å². The molecule has 0 aliphatic carbocycles. The smallest absolute Gasteiger partial charge is 0.264 e. The summed E-state index contributed by atoms with van der Waals surface area (Å²) in [5.41, 5.74) is 2.29. The molecule has 0 amide bonds. The van der Waals surface area contributed by atoms with E-state index in [0.29, 0.717) is 6.61 Å². The molecule has 1 aromatic rings. The molecule has 0 aliphatic heterocycles. The Hall–Kier alpha value is -1.22. The molecule has 0 spiro atoms. The van der Waals surface area contributed by atoms with Crippen molar-refractivity contribution >= 4 is 8.32 Å². The molecule has 0 atom stereocenters. The van der Waals surface area contributed by atoms with Gasteiger partial charge in [0, 0.05) is 5.57 Å². The van der Waals surface area contributed by atoms with Crippen LogP contribution in [-0.2, 0) is 15.8 Å². The lowest BCUT2D eigenvalue weighted by atomic mass is 10.2. The molecular formula is C17H28O2Si. The van der Waals surface area contributed by atoms with E-state index in [9.17, 15) is 0 Å². The standard InChI is InChI=1S/C17H28O2Si/c1-6-20(7-2,8-3)19-17(15(4)5)18-14-16-12-10-9-11-13-16/h9-13H,6-8,14H2,1-5H3. The third-order valence-corrected chi connectivity index (χ3v) is 8.35. The molecule has 2 nitrogen and oxygen atoms in total. The minimum Gasteiger partial charge on any atom is -0.519 e. The van der Waals surface area contributed by atoms with Crippen LogP contribution >= 0.6 is 0 Å². The molecule has 0 unspecified atom stereocenters. The molecule has 0 bridgehead atoms. The van der Waals surface area contributed by atoms with Gasteiger partial charge in [-0.15, -0.1) is 0 Å². The van der Waals surface area contributed by atoms with Gasteiger partial charge in [-0.25, -0.2) is 0 Å². The van der Waals surface area contributed by atoms with E-state index in [2.05, 4.69) is 46.8 Å². The fraction of sp³-hybridized carbons (Fsp3) is 0.529. The molecule has 0 heterocycles. The van der Waals surface area contributed by atoms with Gasteiger partial charge in [-0.1, -0.05) is 51.1 Å². The second-order valence-corrected chi connectivity index (χ2v) is 10.1. The highest BCUT2D eigenvalue weighted by molar-refractivity contribution is 6.73. The molecule has 0 saturated heterocycles. The van der Waals surface area contributed by atoms with E-state index >= 15 is 0 Å². The number of ether oxygens (including phenoxy) is 1. The highest BCUT2D eigenvalue weighted by Gasteiger charge is 2.32. The van der Waals surface area contributed by atoms with Crippen LogP contribution < -0.4 is 0 Å². The van der Waals surface area contributed by atoms with E-state index in [-0.39, 0.29) is 0 Å². The summed E-state index contributed by atoms with van der Waals surface area (Å²) in [5.74, 6) is 0.742. The SMILES string of the molecule is CC[Si](CC)(CC)OC(OCc1ccccc1)=C(C)C. The Labute approximate surface area is 124 Å². The molecule has 112 valence electrons. The van der Waals surface area contributed by atoms with E-state index in [1.54, 1.807) is 0 Å². The minimum atomic E-state index is -1.66. The molecule has 3 heteroatoms. The highest BCUT2D eigenvalue weighted by atomic mass is 28.4. The van der Waals surface area contributed by atoms with Gasteiger partial charge in [0.05, 0.1) is 0 Å². The van der Waals surface area contributed by atoms with Gasteiger partial charge < -0.3 is 9.16 Å². The lowest BCUT2D eigenvalue weighted by Gasteiger charge is -2.30. The van der Waals surface area contributed by atoms with Crippen molar-refractivity contribution in [3.05, 3.63) is 47.4 Å². The number of hydrogen-bond donors (Lipinski definition) is 0. The van der Waals surface area contributed by atoms with Gasteiger partial charge in [-0.3, -0.25) is 0 Å². The van der Waals surface area contributed by atoms with Crippen LogP contribution in [-0.4, -0.2) is 8.32 Å². The predicted molar refractivity (Wildman–Crippen MR) is 87.9 cm³/mol. The molecule has 0 fully saturated rings. The number of hydrogen-bond acceptors (Lipinski definition) is 2. The second-order valence-electron chi connectivity index (χ2n) is 5.41. The van der Waals surface area contributed by atoms with Crippen molar-refractivity contribution < 1.29 is 9.16 Å². The van der Waals surface area contributed by atoms with E-state index in [1.807, 2.05) is 18.2 Å². The quantitative estimate of drug-likeness (QED) is 0.467. The zero-order chi connectivity index (χ0) is 15.0. The third kappa shape index (κ3) is 4.71. The van der Waals surface area contributed by atoms with Gasteiger partial charge in [0.15, 0.2) is 0 Å². The van der Waals surface area contributed by atoms with Crippen LogP contribution in [0.15, 0.2) is 41.9 Å². The Bertz CT molecular complexity index is 410. The number of rotatable bonds is 8. The molecule has 20 heavy (non-hydrogen) atoms. The maximum absolute atomic E-state index is 6.37. The Kier molecular flexibility index (Phi) is 6.86. The first-order valence-corrected chi connectivity index (χ1v) is 10.1. The van der Waals surface area contributed by atoms with Crippen molar-refractivity contribution in [1.82, 2.24) is 0 Å². The zero-order valence-corrected chi connectivity index (χ0v) is 14.5. The van der Waals surface area contributed by atoms with Crippen LogP contribution in [0.4, 0.5) is 0 Å². The first kappa shape index (κ1) is 16.8. The second kappa shape index (κ2) is 8.15. The summed E-state index contributed by atoms with van der Waals surface area (Å²) in [6, 6.07) is 13.6. The van der Waals surface area contributed by atoms with Gasteiger partial charge >= 0.3 is 0 Å². The molecule has 0 radical (unpaired) electrons. The van der Waals surface area contributed by atoms with Gasteiger partial charge in [0.2, 0.25) is 0 Å². The molecular weight excluding hydrogens is 264 g/mol. The van der Waals surface area contributed by atoms with Crippen molar-refractivity contribution in [2.75, 3.05) is 0 Å². The molecule has 0 aliphatic rings. The predicted octanol–water partition coefficient (Wildman–Crippen LogP) is 5.48. The van der Waals surface area contributed by atoms with Crippen LogP contribution in [0.2, 0.25) is 18.1 Å². The third-order valence-electron chi connectivity index (χ3n) is 3.86. The lowest BCUT2D eigenvalue weighted by Crippen LogP contribution is -2.36. The van der Waals surface area contributed by atoms with Crippen LogP contribution in [0.25, 0.3) is 0 Å². The summed E-state index contributed by atoms with van der Waals surface area (Å²) < 4.78 is 12.3. The zero-order valence-electron chi connectivity index (χ0n) is 13.5. The normalized spacial score (nSPS) is 11.1. The average molecular weight is 292 g/mol. The Morgan fingerprint density at radius 3 is 1.95 bits per heavy atom. The average Bonchev–Trinajstić information content (AvgIpc) is 2.49. The van der Waals surface area contributed by atoms with Crippen LogP contribution in [0, 0.1) is 0 Å². The van der Waals surface area contributed by atoms with Crippen molar-refractivity contribution in [1.29, 1.82) is 0 Å². The van der Waals surface area contributed by atoms with Crippen molar-refractivity contribution in [2.24, 2.45) is 0 Å². The van der Waals surface area contributed by atoms with Crippen molar-refractivity contribution in [2.45, 2.75) is 59.4 Å². The van der Waals surface area contributed by atoms with Gasteiger partial charge in [0.25, 0.3) is 14.3 Å². The van der Waals surface area contributed by atoms with Crippen LogP contribution in [0.1, 0.15) is 40.2 Å². The van der Waals surface area contributed by atoms with Crippen LogP contribution in [0.3, 0.4) is 0 Å². The van der Waals surface area contributed by atoms with E-state index in [1.165, 1.54) is 5.56 Å². The van der Waals surface area contributed by atoms with Crippen molar-refractivity contribution in [3.63, 3.8) is 0 Å². The Balaban J connectivity index is 2.74. The van der Waals surface area contributed by atoms with Crippen LogP contribution in [0.5, 0.6) is 0 Å². The van der Waals surface area contributed by atoms with E-state index in [4.69, 9.17) is 9.16 Å². The molecule has 1 rings (SSSR count). The largest absolute Gasteiger partial charge is 0.519 e. The van der Waals surface area contributed by atoms with E-state index < -0.39 is 8.32 Å². The number of benzene rings is 1. The van der Waals surface area contributed by atoms with Gasteiger partial charge in [-0.05, 0) is 37.5 Å². The summed E-state index contributed by atoms with van der Waals surface area (Å²) in [4.78, 5) is 0. The molecule has 0 aromatic heterocycles. The summed E-state index contributed by atoms with van der Waals surface area (Å²) >= 11 is 0. The van der Waals surface area contributed by atoms with Gasteiger partial charge in [0.1, 0.15) is 6.61 Å². The summed E-state index contributed by atoms with van der Waals surface area (Å²) in [6.07, 6.45) is 0. The summed E-state index contributed by atoms with van der Waals surface area (Å²) in [6.45, 7) is 11.4. The maximum Gasteiger partial charge on any atom is 0.264 e. The fourth-order valence-corrected chi connectivity index (χ4v) is 4.75. The van der Waals surface area contributed by atoms with E-state index in [0.717, 1.165) is 29.7 Å². The first-order chi connectivity index (χ1) is 9.56. The first-order valence-electron chi connectivity index (χ1n) is 7.60. The van der Waals surface area contributed by atoms with Gasteiger partial charge in [-0.2, -0.15) is 0 Å². The monoisotopic (exact) mass is 292 g/mol. The fourth-order valence-electron chi connectivity index (χ4n) is 2.16. The molecule has 0 saturated carbocycles. The lowest BCUT2D eigenvalue weighted by molar-refractivity contribution is 0.0855. The Morgan fingerprint density at radius 1 is 0.950 bits per heavy atom. The Morgan fingerprint density at radius 2 is 1.50 bits per heavy atom. The maximum atomic E-state index is 6.37. The van der Waals surface area contributed by atoms with Crippen molar-refractivity contribution in [3.8, 4) is 0 Å². The summed E-state index contributed by atoms with van der Waals surface area (Å²) in [7, 11) is -1.66. The molecule has 1 aromatic carbocycles.